The van der Waals surface area contributed by atoms with Crippen LogP contribution < -0.4 is 5.32 Å². The predicted molar refractivity (Wildman–Crippen MR) is 64.3 cm³/mol. The molecule has 3 heteroatoms. The maximum Gasteiger partial charge on any atom is 0.221 e. The van der Waals surface area contributed by atoms with E-state index in [1.165, 1.54) is 5.56 Å². The number of carbonyl (C=O) groups excluding carboxylic acids is 1. The minimum atomic E-state index is 0.158. The van der Waals surface area contributed by atoms with Crippen LogP contribution in [0.5, 0.6) is 0 Å². The summed E-state index contributed by atoms with van der Waals surface area (Å²) in [7, 11) is 4.08. The van der Waals surface area contributed by atoms with Gasteiger partial charge < -0.3 is 10.2 Å². The van der Waals surface area contributed by atoms with Crippen molar-refractivity contribution in [3.05, 3.63) is 35.9 Å². The van der Waals surface area contributed by atoms with Crippen molar-refractivity contribution in [3.8, 4) is 0 Å². The first kappa shape index (κ1) is 11.1. The number of rotatable bonds is 2. The number of likely N-dealkylation sites (N-methyl/N-ethyl adjacent to an activating group) is 1. The summed E-state index contributed by atoms with van der Waals surface area (Å²) in [6.07, 6.45) is 0.590. The highest BCUT2D eigenvalue weighted by Crippen LogP contribution is 2.26. The number of hydrogen-bond acceptors (Lipinski definition) is 2. The van der Waals surface area contributed by atoms with Gasteiger partial charge >= 0.3 is 0 Å². The van der Waals surface area contributed by atoms with Crippen molar-refractivity contribution < 1.29 is 4.79 Å². The summed E-state index contributed by atoms with van der Waals surface area (Å²) in [5.74, 6) is 0.555. The molecule has 2 unspecified atom stereocenters. The Morgan fingerprint density at radius 2 is 1.94 bits per heavy atom. The molecule has 1 amide bonds. The average molecular weight is 218 g/mol. The molecule has 1 aromatic carbocycles. The van der Waals surface area contributed by atoms with E-state index in [0.717, 1.165) is 6.54 Å². The van der Waals surface area contributed by atoms with Crippen LogP contribution in [0.3, 0.4) is 0 Å². The van der Waals surface area contributed by atoms with Crippen molar-refractivity contribution in [1.82, 2.24) is 10.2 Å². The number of nitrogens with zero attached hydrogens (tertiary/aromatic N) is 1. The van der Waals surface area contributed by atoms with Crippen LogP contribution in [0.2, 0.25) is 0 Å². The van der Waals surface area contributed by atoms with E-state index in [9.17, 15) is 4.79 Å². The molecule has 0 saturated carbocycles. The quantitative estimate of drug-likeness (QED) is 0.809. The van der Waals surface area contributed by atoms with E-state index >= 15 is 0 Å². The summed E-state index contributed by atoms with van der Waals surface area (Å²) in [5.41, 5.74) is 1.31. The first-order chi connectivity index (χ1) is 7.68. The van der Waals surface area contributed by atoms with E-state index in [1.807, 2.05) is 20.2 Å². The maximum absolute atomic E-state index is 11.4. The van der Waals surface area contributed by atoms with E-state index in [0.29, 0.717) is 18.4 Å². The van der Waals surface area contributed by atoms with Gasteiger partial charge in [-0.2, -0.15) is 0 Å². The lowest BCUT2D eigenvalue weighted by Crippen LogP contribution is -2.48. The summed E-state index contributed by atoms with van der Waals surface area (Å²) in [6, 6.07) is 10.7. The molecular weight excluding hydrogens is 200 g/mol. The van der Waals surface area contributed by atoms with Gasteiger partial charge in [-0.1, -0.05) is 30.3 Å². The van der Waals surface area contributed by atoms with Gasteiger partial charge in [-0.05, 0) is 19.7 Å². The SMILES string of the molecule is CN(C)C1CC(=O)NCC1c1ccccc1. The molecule has 1 aliphatic rings. The van der Waals surface area contributed by atoms with Crippen molar-refractivity contribution in [2.24, 2.45) is 0 Å². The monoisotopic (exact) mass is 218 g/mol. The highest BCUT2D eigenvalue weighted by atomic mass is 16.1. The molecule has 86 valence electrons. The van der Waals surface area contributed by atoms with Crippen LogP contribution in [0.1, 0.15) is 17.9 Å². The van der Waals surface area contributed by atoms with Gasteiger partial charge in [0.2, 0.25) is 5.91 Å². The summed E-state index contributed by atoms with van der Waals surface area (Å²) < 4.78 is 0. The number of hydrogen-bond donors (Lipinski definition) is 1. The fourth-order valence-corrected chi connectivity index (χ4v) is 2.35. The molecule has 0 aromatic heterocycles. The van der Waals surface area contributed by atoms with Gasteiger partial charge in [0.25, 0.3) is 0 Å². The Morgan fingerprint density at radius 3 is 2.56 bits per heavy atom. The predicted octanol–water partition coefficient (Wildman–Crippen LogP) is 1.22. The molecule has 0 spiro atoms. The van der Waals surface area contributed by atoms with Crippen molar-refractivity contribution in [3.63, 3.8) is 0 Å². The number of carbonyl (C=O) groups is 1. The Balaban J connectivity index is 2.22. The third-order valence-corrected chi connectivity index (χ3v) is 3.27. The lowest BCUT2D eigenvalue weighted by Gasteiger charge is -2.36. The molecular formula is C13H18N2O. The summed E-state index contributed by atoms with van der Waals surface area (Å²) in [5, 5.41) is 2.95. The van der Waals surface area contributed by atoms with E-state index in [1.54, 1.807) is 0 Å². The second-order valence-corrected chi connectivity index (χ2v) is 4.56. The molecule has 1 heterocycles. The molecule has 1 saturated heterocycles. The van der Waals surface area contributed by atoms with Gasteiger partial charge in [-0.25, -0.2) is 0 Å². The fraction of sp³-hybridized carbons (Fsp3) is 0.462. The standard InChI is InChI=1S/C13H18N2O/c1-15(2)12-8-13(16)14-9-11(12)10-6-4-3-5-7-10/h3-7,11-12H,8-9H2,1-2H3,(H,14,16). The van der Waals surface area contributed by atoms with Crippen molar-refractivity contribution in [2.75, 3.05) is 20.6 Å². The first-order valence-corrected chi connectivity index (χ1v) is 5.66. The van der Waals surface area contributed by atoms with E-state index in [4.69, 9.17) is 0 Å². The highest BCUT2D eigenvalue weighted by molar-refractivity contribution is 5.77. The fourth-order valence-electron chi connectivity index (χ4n) is 2.35. The minimum absolute atomic E-state index is 0.158. The Labute approximate surface area is 96.5 Å². The van der Waals surface area contributed by atoms with Crippen LogP contribution in [-0.2, 0) is 4.79 Å². The molecule has 1 N–H and O–H groups in total. The first-order valence-electron chi connectivity index (χ1n) is 5.66. The molecule has 16 heavy (non-hydrogen) atoms. The van der Waals surface area contributed by atoms with Gasteiger partial charge in [0.15, 0.2) is 0 Å². The minimum Gasteiger partial charge on any atom is -0.355 e. The van der Waals surface area contributed by atoms with Gasteiger partial charge in [-0.15, -0.1) is 0 Å². The highest BCUT2D eigenvalue weighted by Gasteiger charge is 2.31. The molecule has 0 radical (unpaired) electrons. The van der Waals surface area contributed by atoms with Gasteiger partial charge in [0.05, 0.1) is 0 Å². The van der Waals surface area contributed by atoms with Crippen molar-refractivity contribution >= 4 is 5.91 Å². The van der Waals surface area contributed by atoms with E-state index < -0.39 is 0 Å². The normalized spacial score (nSPS) is 25.6. The van der Waals surface area contributed by atoms with Crippen LogP contribution in [-0.4, -0.2) is 37.5 Å². The van der Waals surface area contributed by atoms with E-state index in [-0.39, 0.29) is 5.91 Å². The van der Waals surface area contributed by atoms with Crippen molar-refractivity contribution in [2.45, 2.75) is 18.4 Å². The van der Waals surface area contributed by atoms with Gasteiger partial charge in [-0.3, -0.25) is 4.79 Å². The molecule has 0 bridgehead atoms. The van der Waals surface area contributed by atoms with Crippen LogP contribution in [0.15, 0.2) is 30.3 Å². The maximum atomic E-state index is 11.4. The van der Waals surface area contributed by atoms with Crippen LogP contribution >= 0.6 is 0 Å². The third kappa shape index (κ3) is 2.25. The molecule has 0 aliphatic carbocycles. The molecule has 1 aliphatic heterocycles. The summed E-state index contributed by atoms with van der Waals surface area (Å²) in [6.45, 7) is 0.742. The van der Waals surface area contributed by atoms with Crippen molar-refractivity contribution in [1.29, 1.82) is 0 Å². The second-order valence-electron chi connectivity index (χ2n) is 4.56. The Kier molecular flexibility index (Phi) is 3.25. The number of amides is 1. The topological polar surface area (TPSA) is 32.3 Å². The molecule has 1 fully saturated rings. The lowest BCUT2D eigenvalue weighted by molar-refractivity contribution is -0.124. The largest absolute Gasteiger partial charge is 0.355 e. The third-order valence-electron chi connectivity index (χ3n) is 3.27. The zero-order chi connectivity index (χ0) is 11.5. The Bertz CT molecular complexity index is 361. The Hall–Kier alpha value is -1.35. The number of benzene rings is 1. The second kappa shape index (κ2) is 4.66. The zero-order valence-electron chi connectivity index (χ0n) is 9.81. The molecule has 2 rings (SSSR count). The molecule has 2 atom stereocenters. The summed E-state index contributed by atoms with van der Waals surface area (Å²) in [4.78, 5) is 13.6. The molecule has 3 nitrogen and oxygen atoms in total. The molecule has 1 aromatic rings. The Morgan fingerprint density at radius 1 is 1.25 bits per heavy atom. The number of piperidine rings is 1. The van der Waals surface area contributed by atoms with Crippen LogP contribution in [0.25, 0.3) is 0 Å². The van der Waals surface area contributed by atoms with E-state index in [2.05, 4.69) is 34.5 Å². The lowest BCUT2D eigenvalue weighted by atomic mass is 9.86. The average Bonchev–Trinajstić information content (AvgIpc) is 2.30. The van der Waals surface area contributed by atoms with Gasteiger partial charge in [0, 0.05) is 24.9 Å². The smallest absolute Gasteiger partial charge is 0.221 e. The summed E-state index contributed by atoms with van der Waals surface area (Å²) >= 11 is 0. The van der Waals surface area contributed by atoms with Crippen LogP contribution in [0, 0.1) is 0 Å². The number of nitrogens with one attached hydrogen (secondary N) is 1. The van der Waals surface area contributed by atoms with Gasteiger partial charge in [0.1, 0.15) is 0 Å². The van der Waals surface area contributed by atoms with Crippen LogP contribution in [0.4, 0.5) is 0 Å². The zero-order valence-corrected chi connectivity index (χ0v) is 9.81.